The van der Waals surface area contributed by atoms with Gasteiger partial charge < -0.3 is 10.2 Å². The van der Waals surface area contributed by atoms with Crippen LogP contribution in [0.4, 0.5) is 4.79 Å². The molecule has 3 aliphatic heterocycles. The number of hydrogen-bond acceptors (Lipinski definition) is 8. The fraction of sp³-hybridized carbons (Fsp3) is 0.533. The molecule has 3 aliphatic rings. The van der Waals surface area contributed by atoms with Crippen LogP contribution in [0.2, 0.25) is 0 Å². The van der Waals surface area contributed by atoms with E-state index in [-0.39, 0.29) is 24.9 Å². The van der Waals surface area contributed by atoms with Crippen LogP contribution in [0.15, 0.2) is 18.3 Å². The van der Waals surface area contributed by atoms with Crippen molar-refractivity contribution < 1.29 is 31.7 Å². The van der Waals surface area contributed by atoms with E-state index in [1.54, 1.807) is 12.1 Å². The van der Waals surface area contributed by atoms with Crippen LogP contribution < -0.4 is 10.8 Å². The van der Waals surface area contributed by atoms with Gasteiger partial charge in [0.25, 0.3) is 5.91 Å². The van der Waals surface area contributed by atoms with Crippen molar-refractivity contribution in [1.82, 2.24) is 25.7 Å². The summed E-state index contributed by atoms with van der Waals surface area (Å²) in [5.41, 5.74) is 3.08. The molecular formula is C15H19N5O7S. The van der Waals surface area contributed by atoms with Crippen molar-refractivity contribution in [3.8, 4) is 0 Å². The maximum Gasteiger partial charge on any atom is 0.418 e. The normalized spacial score (nSPS) is 26.5. The van der Waals surface area contributed by atoms with E-state index in [1.807, 2.05) is 0 Å². The molecule has 3 N–H and O–H groups in total. The maximum atomic E-state index is 12.7. The Balaban J connectivity index is 1.55. The minimum absolute atomic E-state index is 0.00465. The number of nitrogens with zero attached hydrogens (tertiary/aromatic N) is 3. The molecule has 3 amide bonds. The Morgan fingerprint density at radius 3 is 3.00 bits per heavy atom. The molecule has 0 aromatic carbocycles. The molecule has 1 aromatic rings. The quantitative estimate of drug-likeness (QED) is 0.412. The molecule has 28 heavy (non-hydrogen) atoms. The highest BCUT2D eigenvalue weighted by Crippen LogP contribution is 2.43. The molecule has 4 rings (SSSR count). The number of rotatable bonds is 6. The average Bonchev–Trinajstić information content (AvgIpc) is 3.24. The highest BCUT2D eigenvalue weighted by Gasteiger charge is 2.52. The predicted molar refractivity (Wildman–Crippen MR) is 91.4 cm³/mol. The van der Waals surface area contributed by atoms with Gasteiger partial charge in [0.15, 0.2) is 6.04 Å². The molecule has 0 spiro atoms. The van der Waals surface area contributed by atoms with Gasteiger partial charge in [-0.1, -0.05) is 6.07 Å². The first-order valence-corrected chi connectivity index (χ1v) is 10.1. The lowest BCUT2D eigenvalue weighted by Crippen LogP contribution is -2.45. The van der Waals surface area contributed by atoms with E-state index >= 15 is 0 Å². The number of urea groups is 1. The van der Waals surface area contributed by atoms with Crippen molar-refractivity contribution >= 4 is 22.3 Å². The zero-order chi connectivity index (χ0) is 19.9. The van der Waals surface area contributed by atoms with Crippen LogP contribution >= 0.6 is 0 Å². The fourth-order valence-corrected chi connectivity index (χ4v) is 4.12. The monoisotopic (exact) mass is 413 g/mol. The Bertz CT molecular complexity index is 889. The summed E-state index contributed by atoms with van der Waals surface area (Å²) < 4.78 is 35.6. The molecule has 1 aromatic heterocycles. The second-order valence-corrected chi connectivity index (χ2v) is 7.73. The van der Waals surface area contributed by atoms with Crippen molar-refractivity contribution in [3.63, 3.8) is 0 Å². The Morgan fingerprint density at radius 1 is 1.46 bits per heavy atom. The van der Waals surface area contributed by atoms with E-state index in [1.165, 1.54) is 6.20 Å². The Labute approximate surface area is 160 Å². The molecule has 0 saturated carbocycles. The molecule has 13 heteroatoms. The van der Waals surface area contributed by atoms with Gasteiger partial charge in [-0.05, 0) is 25.5 Å². The van der Waals surface area contributed by atoms with Gasteiger partial charge in [-0.2, -0.15) is 13.5 Å². The smallest absolute Gasteiger partial charge is 0.312 e. The number of pyridine rings is 1. The summed E-state index contributed by atoms with van der Waals surface area (Å²) in [7, 11) is -4.92. The Morgan fingerprint density at radius 2 is 2.29 bits per heavy atom. The third-order valence-electron chi connectivity index (χ3n) is 4.93. The molecule has 2 bridgehead atoms. The third kappa shape index (κ3) is 3.54. The van der Waals surface area contributed by atoms with Crippen molar-refractivity contribution in [3.05, 3.63) is 29.6 Å². The molecule has 152 valence electrons. The van der Waals surface area contributed by atoms with Crippen LogP contribution in [-0.2, 0) is 24.3 Å². The number of carbonyl (C=O) groups excluding carboxylic acids is 2. The summed E-state index contributed by atoms with van der Waals surface area (Å²) in [5, 5.41) is 3.76. The highest BCUT2D eigenvalue weighted by atomic mass is 32.3. The molecule has 12 nitrogen and oxygen atoms in total. The van der Waals surface area contributed by atoms with E-state index in [0.717, 1.165) is 24.3 Å². The van der Waals surface area contributed by atoms with Gasteiger partial charge >= 0.3 is 16.4 Å². The lowest BCUT2D eigenvalue weighted by Gasteiger charge is -2.30. The topological polar surface area (TPSA) is 150 Å². The van der Waals surface area contributed by atoms with Gasteiger partial charge in [0.2, 0.25) is 0 Å². The lowest BCUT2D eigenvalue weighted by molar-refractivity contribution is -0.139. The summed E-state index contributed by atoms with van der Waals surface area (Å²) in [5.74, 6) is -0.613. The van der Waals surface area contributed by atoms with E-state index in [2.05, 4.69) is 20.1 Å². The van der Waals surface area contributed by atoms with Crippen LogP contribution in [-0.4, -0.2) is 65.6 Å². The molecule has 2 unspecified atom stereocenters. The largest absolute Gasteiger partial charge is 0.418 e. The zero-order valence-corrected chi connectivity index (χ0v) is 15.5. The highest BCUT2D eigenvalue weighted by molar-refractivity contribution is 7.80. The molecular weight excluding hydrogens is 394 g/mol. The SMILES string of the molecule is O=C(NOCC1CCCN1)[C@@H]1c2ncccc2C2CN1C(=O)N2OS(=O)(=O)O. The van der Waals surface area contributed by atoms with Gasteiger partial charge in [-0.15, -0.1) is 4.28 Å². The number of amides is 3. The Kier molecular flexibility index (Phi) is 4.93. The van der Waals surface area contributed by atoms with Crippen LogP contribution in [0.1, 0.15) is 36.2 Å². The molecule has 0 radical (unpaired) electrons. The van der Waals surface area contributed by atoms with Crippen LogP contribution in [0.5, 0.6) is 0 Å². The number of nitrogens with one attached hydrogen (secondary N) is 2. The fourth-order valence-electron chi connectivity index (χ4n) is 3.75. The van der Waals surface area contributed by atoms with Crippen LogP contribution in [0.25, 0.3) is 0 Å². The predicted octanol–water partition coefficient (Wildman–Crippen LogP) is -0.551. The Hall–Kier alpha value is -2.32. The number of fused-ring (bicyclic) bond motifs is 4. The molecule has 0 aliphatic carbocycles. The van der Waals surface area contributed by atoms with Crippen molar-refractivity contribution in [1.29, 1.82) is 0 Å². The van der Waals surface area contributed by atoms with E-state index in [4.69, 9.17) is 9.39 Å². The number of aromatic nitrogens is 1. The molecule has 2 fully saturated rings. The summed E-state index contributed by atoms with van der Waals surface area (Å²) in [6.07, 6.45) is 3.44. The van der Waals surface area contributed by atoms with E-state index in [9.17, 15) is 18.0 Å². The second-order valence-electron chi connectivity index (χ2n) is 6.73. The lowest BCUT2D eigenvalue weighted by atomic mass is 9.95. The average molecular weight is 413 g/mol. The van der Waals surface area contributed by atoms with Crippen molar-refractivity contribution in [2.45, 2.75) is 31.0 Å². The summed E-state index contributed by atoms with van der Waals surface area (Å²) in [6, 6.07) is 0.538. The first-order valence-electron chi connectivity index (χ1n) is 8.72. The first kappa shape index (κ1) is 19.0. The van der Waals surface area contributed by atoms with Gasteiger partial charge in [0, 0.05) is 17.8 Å². The van der Waals surface area contributed by atoms with Gasteiger partial charge in [-0.3, -0.25) is 19.2 Å². The third-order valence-corrected chi connectivity index (χ3v) is 5.28. The van der Waals surface area contributed by atoms with Crippen LogP contribution in [0, 0.1) is 0 Å². The van der Waals surface area contributed by atoms with Crippen molar-refractivity contribution in [2.75, 3.05) is 19.7 Å². The van der Waals surface area contributed by atoms with Gasteiger partial charge in [0.1, 0.15) is 6.04 Å². The summed E-state index contributed by atoms with van der Waals surface area (Å²) in [4.78, 5) is 36.0. The minimum atomic E-state index is -4.92. The first-order chi connectivity index (χ1) is 13.3. The molecule has 4 heterocycles. The number of hydrogen-bond donors (Lipinski definition) is 3. The minimum Gasteiger partial charge on any atom is -0.312 e. The van der Waals surface area contributed by atoms with Gasteiger partial charge in [0.05, 0.1) is 18.8 Å². The van der Waals surface area contributed by atoms with Crippen LogP contribution in [0.3, 0.4) is 0 Å². The molecule has 3 atom stereocenters. The van der Waals surface area contributed by atoms with Gasteiger partial charge in [-0.25, -0.2) is 10.3 Å². The molecule has 2 saturated heterocycles. The summed E-state index contributed by atoms with van der Waals surface area (Å²) in [6.45, 7) is 1.17. The van der Waals surface area contributed by atoms with Crippen molar-refractivity contribution in [2.24, 2.45) is 0 Å². The maximum absolute atomic E-state index is 12.7. The number of carbonyl (C=O) groups is 2. The second kappa shape index (κ2) is 7.25. The zero-order valence-electron chi connectivity index (χ0n) is 14.6. The van der Waals surface area contributed by atoms with E-state index < -0.39 is 34.4 Å². The standard InChI is InChI=1S/C15H19N5O7S/c21-14(18-26-8-9-3-1-5-16-9)13-12-10(4-2-6-17-12)11-7-19(13)15(22)20(11)27-28(23,24)25/h2,4,6,9,11,13,16H,1,3,5,7-8H2,(H,18,21)(H,23,24,25)/t9?,11?,13-/m0/s1. The number of hydroxylamine groups is 3. The van der Waals surface area contributed by atoms with E-state index in [0.29, 0.717) is 10.6 Å². The summed E-state index contributed by atoms with van der Waals surface area (Å²) >= 11 is 0.